The molecule has 106 valence electrons. The lowest BCUT2D eigenvalue weighted by Crippen LogP contribution is -2.10. The van der Waals surface area contributed by atoms with Crippen molar-refractivity contribution in [3.63, 3.8) is 0 Å². The summed E-state index contributed by atoms with van der Waals surface area (Å²) in [5.74, 6) is 0.504. The first-order chi connectivity index (χ1) is 9.66. The molecule has 0 saturated heterocycles. The van der Waals surface area contributed by atoms with Crippen molar-refractivity contribution in [1.29, 1.82) is 0 Å². The van der Waals surface area contributed by atoms with Crippen LogP contribution >= 0.6 is 11.3 Å². The number of nitrogens with zero attached hydrogens (tertiary/aromatic N) is 2. The summed E-state index contributed by atoms with van der Waals surface area (Å²) < 4.78 is 0. The molecule has 2 N–H and O–H groups in total. The molecule has 0 amide bonds. The second-order valence-corrected chi connectivity index (χ2v) is 6.29. The van der Waals surface area contributed by atoms with Crippen molar-refractivity contribution in [3.8, 4) is 0 Å². The molecule has 0 radical (unpaired) electrons. The minimum atomic E-state index is -0.802. The second-order valence-electron chi connectivity index (χ2n) is 5.21. The Bertz CT molecular complexity index is 653. The molecule has 3 rings (SSSR count). The summed E-state index contributed by atoms with van der Waals surface area (Å²) in [5.41, 5.74) is 1.37. The van der Waals surface area contributed by atoms with E-state index in [4.69, 9.17) is 5.11 Å². The van der Waals surface area contributed by atoms with Crippen molar-refractivity contribution in [2.24, 2.45) is 0 Å². The van der Waals surface area contributed by atoms with Crippen LogP contribution in [0.25, 0.3) is 10.2 Å². The van der Waals surface area contributed by atoms with Crippen LogP contribution in [0.15, 0.2) is 6.33 Å². The number of thiophene rings is 1. The highest BCUT2D eigenvalue weighted by Crippen LogP contribution is 2.43. The van der Waals surface area contributed by atoms with Crippen molar-refractivity contribution in [3.05, 3.63) is 16.8 Å². The van der Waals surface area contributed by atoms with E-state index in [1.165, 1.54) is 23.3 Å². The first-order valence-electron chi connectivity index (χ1n) is 6.88. The van der Waals surface area contributed by atoms with Gasteiger partial charge in [0.15, 0.2) is 0 Å². The van der Waals surface area contributed by atoms with Crippen LogP contribution in [0, 0.1) is 0 Å². The molecule has 6 heteroatoms. The first-order valence-corrected chi connectivity index (χ1v) is 7.70. The SMILES string of the molecule is C[C@@H]1CCCc2sc3ncnc(NCCC(=O)O)c3c21. The standard InChI is InChI=1S/C14H17N3O2S/c1-8-3-2-4-9-11(8)12-13(15-6-5-10(18)19)16-7-17-14(12)20-9/h7-8H,2-6H2,1H3,(H,18,19)(H,15,16,17)/t8-/m1/s1. The fourth-order valence-electron chi connectivity index (χ4n) is 2.84. The Kier molecular flexibility index (Phi) is 3.56. The molecule has 5 nitrogen and oxygen atoms in total. The first kappa shape index (κ1) is 13.3. The van der Waals surface area contributed by atoms with Gasteiger partial charge in [0.05, 0.1) is 11.8 Å². The molecule has 0 aromatic carbocycles. The predicted molar refractivity (Wildman–Crippen MR) is 79.5 cm³/mol. The molecule has 0 spiro atoms. The zero-order valence-corrected chi connectivity index (χ0v) is 12.2. The van der Waals surface area contributed by atoms with E-state index >= 15 is 0 Å². The molecule has 2 aromatic rings. The highest BCUT2D eigenvalue weighted by molar-refractivity contribution is 7.19. The largest absolute Gasteiger partial charge is 0.481 e. The maximum atomic E-state index is 10.6. The number of hydrogen-bond donors (Lipinski definition) is 2. The Morgan fingerprint density at radius 3 is 3.20 bits per heavy atom. The van der Waals surface area contributed by atoms with Crippen molar-refractivity contribution in [2.75, 3.05) is 11.9 Å². The molecule has 2 aromatic heterocycles. The van der Waals surface area contributed by atoms with E-state index < -0.39 is 5.97 Å². The molecule has 1 aliphatic carbocycles. The van der Waals surface area contributed by atoms with Crippen LogP contribution in [0.5, 0.6) is 0 Å². The summed E-state index contributed by atoms with van der Waals surface area (Å²) in [7, 11) is 0. The van der Waals surface area contributed by atoms with Gasteiger partial charge in [-0.3, -0.25) is 4.79 Å². The lowest BCUT2D eigenvalue weighted by Gasteiger charge is -2.19. The number of hydrogen-bond acceptors (Lipinski definition) is 5. The lowest BCUT2D eigenvalue weighted by molar-refractivity contribution is -0.136. The number of nitrogens with one attached hydrogen (secondary N) is 1. The molecule has 0 aliphatic heterocycles. The third kappa shape index (κ3) is 2.35. The lowest BCUT2D eigenvalue weighted by atomic mass is 9.87. The predicted octanol–water partition coefficient (Wildman–Crippen LogP) is 3.02. The Morgan fingerprint density at radius 1 is 1.55 bits per heavy atom. The van der Waals surface area contributed by atoms with Gasteiger partial charge in [0.25, 0.3) is 0 Å². The quantitative estimate of drug-likeness (QED) is 0.905. The van der Waals surface area contributed by atoms with Gasteiger partial charge in [0.1, 0.15) is 17.0 Å². The number of aliphatic carboxylic acids is 1. The number of carboxylic acids is 1. The molecular weight excluding hydrogens is 274 g/mol. The van der Waals surface area contributed by atoms with Gasteiger partial charge in [0, 0.05) is 11.4 Å². The number of fused-ring (bicyclic) bond motifs is 3. The van der Waals surface area contributed by atoms with Gasteiger partial charge in [0.2, 0.25) is 0 Å². The Morgan fingerprint density at radius 2 is 2.40 bits per heavy atom. The summed E-state index contributed by atoms with van der Waals surface area (Å²) in [4.78, 5) is 21.7. The average molecular weight is 291 g/mol. The van der Waals surface area contributed by atoms with Gasteiger partial charge in [-0.25, -0.2) is 9.97 Å². The summed E-state index contributed by atoms with van der Waals surface area (Å²) in [6.07, 6.45) is 5.19. The van der Waals surface area contributed by atoms with E-state index in [9.17, 15) is 4.79 Å². The smallest absolute Gasteiger partial charge is 0.305 e. The third-order valence-electron chi connectivity index (χ3n) is 3.77. The van der Waals surface area contributed by atoms with Crippen LogP contribution < -0.4 is 5.32 Å². The van der Waals surface area contributed by atoms with E-state index in [-0.39, 0.29) is 6.42 Å². The summed E-state index contributed by atoms with van der Waals surface area (Å²) in [6.45, 7) is 2.64. The molecule has 0 unspecified atom stereocenters. The van der Waals surface area contributed by atoms with Gasteiger partial charge in [-0.2, -0.15) is 0 Å². The van der Waals surface area contributed by atoms with Crippen LogP contribution in [0.1, 0.15) is 42.5 Å². The highest BCUT2D eigenvalue weighted by atomic mass is 32.1. The van der Waals surface area contributed by atoms with Gasteiger partial charge in [-0.1, -0.05) is 6.92 Å². The maximum absolute atomic E-state index is 10.6. The minimum absolute atomic E-state index is 0.0907. The Labute approximate surface area is 121 Å². The average Bonchev–Trinajstić information content (AvgIpc) is 2.78. The fourth-order valence-corrected chi connectivity index (χ4v) is 4.14. The monoisotopic (exact) mass is 291 g/mol. The second kappa shape index (κ2) is 5.36. The van der Waals surface area contributed by atoms with Crippen molar-refractivity contribution in [1.82, 2.24) is 9.97 Å². The summed E-state index contributed by atoms with van der Waals surface area (Å²) in [6, 6.07) is 0. The fraction of sp³-hybridized carbons (Fsp3) is 0.500. The number of aryl methyl sites for hydroxylation is 1. The summed E-state index contributed by atoms with van der Waals surface area (Å²) >= 11 is 1.75. The zero-order valence-electron chi connectivity index (χ0n) is 11.3. The van der Waals surface area contributed by atoms with Gasteiger partial charge < -0.3 is 10.4 Å². The maximum Gasteiger partial charge on any atom is 0.305 e. The van der Waals surface area contributed by atoms with Crippen LogP contribution in [0.2, 0.25) is 0 Å². The van der Waals surface area contributed by atoms with E-state index in [0.717, 1.165) is 22.5 Å². The van der Waals surface area contributed by atoms with Crippen molar-refractivity contribution < 1.29 is 9.90 Å². The van der Waals surface area contributed by atoms with E-state index in [0.29, 0.717) is 12.5 Å². The number of aromatic nitrogens is 2. The normalized spacial score (nSPS) is 17.9. The van der Waals surface area contributed by atoms with Crippen LogP contribution in [-0.2, 0) is 11.2 Å². The number of rotatable bonds is 4. The third-order valence-corrected chi connectivity index (χ3v) is 4.94. The van der Waals surface area contributed by atoms with Gasteiger partial charge in [-0.05, 0) is 30.7 Å². The molecular formula is C14H17N3O2S. The van der Waals surface area contributed by atoms with Gasteiger partial charge >= 0.3 is 5.97 Å². The molecule has 0 fully saturated rings. The van der Waals surface area contributed by atoms with Gasteiger partial charge in [-0.15, -0.1) is 11.3 Å². The molecule has 0 saturated carbocycles. The topological polar surface area (TPSA) is 75.1 Å². The van der Waals surface area contributed by atoms with E-state index in [1.54, 1.807) is 17.7 Å². The van der Waals surface area contributed by atoms with E-state index in [1.807, 2.05) is 0 Å². The van der Waals surface area contributed by atoms with E-state index in [2.05, 4.69) is 22.2 Å². The molecule has 2 heterocycles. The highest BCUT2D eigenvalue weighted by Gasteiger charge is 2.24. The number of carbonyl (C=O) groups is 1. The number of anilines is 1. The van der Waals surface area contributed by atoms with Crippen LogP contribution in [0.4, 0.5) is 5.82 Å². The summed E-state index contributed by atoms with van der Waals surface area (Å²) in [5, 5.41) is 13.0. The Hall–Kier alpha value is -1.69. The van der Waals surface area contributed by atoms with Crippen LogP contribution in [0.3, 0.4) is 0 Å². The molecule has 1 atom stereocenters. The Balaban J connectivity index is 1.99. The van der Waals surface area contributed by atoms with Crippen molar-refractivity contribution in [2.45, 2.75) is 38.5 Å². The van der Waals surface area contributed by atoms with Crippen molar-refractivity contribution >= 4 is 33.3 Å². The zero-order chi connectivity index (χ0) is 14.1. The molecule has 1 aliphatic rings. The number of carboxylic acid groups (broad SMARTS) is 1. The minimum Gasteiger partial charge on any atom is -0.481 e. The molecule has 20 heavy (non-hydrogen) atoms. The molecule has 0 bridgehead atoms. The van der Waals surface area contributed by atoms with Crippen LogP contribution in [-0.4, -0.2) is 27.6 Å².